The Balaban J connectivity index is 1.45. The number of methoxy groups -OCH3 is 1. The van der Waals surface area contributed by atoms with Crippen LogP contribution in [0.2, 0.25) is 0 Å². The molecule has 148 valence electrons. The van der Waals surface area contributed by atoms with E-state index in [0.717, 1.165) is 31.9 Å². The van der Waals surface area contributed by atoms with Crippen LogP contribution < -0.4 is 20.3 Å². The fourth-order valence-electron chi connectivity index (χ4n) is 3.02. The highest BCUT2D eigenvalue weighted by Crippen LogP contribution is 2.22. The Bertz CT molecular complexity index is 802. The van der Waals surface area contributed by atoms with E-state index in [4.69, 9.17) is 9.47 Å². The Labute approximate surface area is 164 Å². The van der Waals surface area contributed by atoms with Gasteiger partial charge in [0.1, 0.15) is 5.75 Å². The molecule has 0 atom stereocenters. The minimum atomic E-state index is -0.716. The van der Waals surface area contributed by atoms with Crippen LogP contribution in [-0.4, -0.2) is 51.8 Å². The van der Waals surface area contributed by atoms with Gasteiger partial charge in [0, 0.05) is 25.3 Å². The molecule has 7 heteroatoms. The van der Waals surface area contributed by atoms with Crippen molar-refractivity contribution in [2.45, 2.75) is 6.42 Å². The van der Waals surface area contributed by atoms with Crippen LogP contribution in [0, 0.1) is 0 Å². The smallest absolute Gasteiger partial charge is 0.313 e. The number of para-hydroxylation sites is 2. The first kappa shape index (κ1) is 19.7. The summed E-state index contributed by atoms with van der Waals surface area (Å²) in [5.74, 6) is -0.882. The summed E-state index contributed by atoms with van der Waals surface area (Å²) in [6.45, 7) is 3.69. The molecule has 0 spiro atoms. The van der Waals surface area contributed by atoms with Crippen molar-refractivity contribution >= 4 is 23.2 Å². The number of anilines is 2. The number of ether oxygens (including phenoxy) is 2. The predicted molar refractivity (Wildman–Crippen MR) is 108 cm³/mol. The number of carbonyl (C=O) groups is 2. The highest BCUT2D eigenvalue weighted by atomic mass is 16.5. The molecule has 7 nitrogen and oxygen atoms in total. The summed E-state index contributed by atoms with van der Waals surface area (Å²) in [5, 5.41) is 5.21. The minimum Gasteiger partial charge on any atom is -0.495 e. The zero-order valence-corrected chi connectivity index (χ0v) is 15.9. The van der Waals surface area contributed by atoms with Gasteiger partial charge in [-0.25, -0.2) is 0 Å². The Morgan fingerprint density at radius 2 is 1.75 bits per heavy atom. The number of hydrogen-bond acceptors (Lipinski definition) is 5. The zero-order chi connectivity index (χ0) is 19.8. The first-order valence-electron chi connectivity index (χ1n) is 9.31. The molecule has 1 aliphatic rings. The quantitative estimate of drug-likeness (QED) is 0.744. The summed E-state index contributed by atoms with van der Waals surface area (Å²) in [6, 6.07) is 15.2. The van der Waals surface area contributed by atoms with E-state index in [9.17, 15) is 9.59 Å². The zero-order valence-electron chi connectivity index (χ0n) is 15.9. The minimum absolute atomic E-state index is 0.384. The molecule has 0 radical (unpaired) electrons. The molecule has 28 heavy (non-hydrogen) atoms. The predicted octanol–water partition coefficient (Wildman–Crippen LogP) is 1.83. The van der Waals surface area contributed by atoms with Crippen LogP contribution in [0.3, 0.4) is 0 Å². The number of nitrogens with zero attached hydrogens (tertiary/aromatic N) is 1. The van der Waals surface area contributed by atoms with Gasteiger partial charge >= 0.3 is 11.8 Å². The van der Waals surface area contributed by atoms with E-state index < -0.39 is 11.8 Å². The lowest BCUT2D eigenvalue weighted by Crippen LogP contribution is -2.36. The third-order valence-electron chi connectivity index (χ3n) is 4.57. The molecule has 1 fully saturated rings. The van der Waals surface area contributed by atoms with Crippen molar-refractivity contribution in [3.63, 3.8) is 0 Å². The van der Waals surface area contributed by atoms with Gasteiger partial charge in [-0.2, -0.15) is 0 Å². The number of carbonyl (C=O) groups excluding carboxylic acids is 2. The van der Waals surface area contributed by atoms with E-state index in [1.165, 1.54) is 12.8 Å². The van der Waals surface area contributed by atoms with E-state index >= 15 is 0 Å². The molecular formula is C21H25N3O4. The van der Waals surface area contributed by atoms with Crippen molar-refractivity contribution in [1.82, 2.24) is 5.32 Å². The maximum absolute atomic E-state index is 12.0. The molecule has 0 unspecified atom stereocenters. The fraction of sp³-hybridized carbons (Fsp3) is 0.333. The van der Waals surface area contributed by atoms with Crippen LogP contribution in [-0.2, 0) is 20.7 Å². The van der Waals surface area contributed by atoms with E-state index in [0.29, 0.717) is 24.4 Å². The second kappa shape index (κ2) is 9.75. The molecule has 2 amide bonds. The number of benzene rings is 2. The van der Waals surface area contributed by atoms with Gasteiger partial charge in [0.2, 0.25) is 0 Å². The van der Waals surface area contributed by atoms with E-state index in [-0.39, 0.29) is 0 Å². The molecule has 1 aliphatic heterocycles. The molecule has 0 bridgehead atoms. The van der Waals surface area contributed by atoms with Crippen molar-refractivity contribution in [3.8, 4) is 5.75 Å². The Morgan fingerprint density at radius 3 is 2.46 bits per heavy atom. The van der Waals surface area contributed by atoms with Gasteiger partial charge in [0.25, 0.3) is 0 Å². The molecule has 0 saturated carbocycles. The van der Waals surface area contributed by atoms with Gasteiger partial charge in [-0.1, -0.05) is 24.3 Å². The van der Waals surface area contributed by atoms with Gasteiger partial charge < -0.3 is 25.0 Å². The maximum atomic E-state index is 12.0. The Morgan fingerprint density at radius 1 is 1.04 bits per heavy atom. The summed E-state index contributed by atoms with van der Waals surface area (Å²) in [5.41, 5.74) is 2.73. The summed E-state index contributed by atoms with van der Waals surface area (Å²) in [6.07, 6.45) is 0.650. The molecular weight excluding hydrogens is 358 g/mol. The van der Waals surface area contributed by atoms with Gasteiger partial charge in [-0.05, 0) is 36.2 Å². The summed E-state index contributed by atoms with van der Waals surface area (Å²) in [4.78, 5) is 26.4. The fourth-order valence-corrected chi connectivity index (χ4v) is 3.02. The first-order valence-corrected chi connectivity index (χ1v) is 9.31. The first-order chi connectivity index (χ1) is 13.7. The molecule has 1 heterocycles. The lowest BCUT2D eigenvalue weighted by atomic mass is 10.1. The number of amides is 2. The van der Waals surface area contributed by atoms with E-state index in [1.807, 2.05) is 12.1 Å². The Hall–Kier alpha value is -3.06. The lowest BCUT2D eigenvalue weighted by molar-refractivity contribution is -0.136. The Kier molecular flexibility index (Phi) is 6.86. The molecule has 3 rings (SSSR count). The van der Waals surface area contributed by atoms with Crippen LogP contribution in [0.4, 0.5) is 11.4 Å². The standard InChI is InChI=1S/C21H25N3O4/c1-27-19-5-3-2-4-18(19)23-21(26)20(25)22-11-10-16-6-8-17(9-7-16)24-12-14-28-15-13-24/h2-9H,10-15H2,1H3,(H,22,25)(H,23,26). The van der Waals surface area contributed by atoms with Crippen LogP contribution in [0.15, 0.2) is 48.5 Å². The van der Waals surface area contributed by atoms with Crippen LogP contribution >= 0.6 is 0 Å². The molecule has 2 aromatic rings. The van der Waals surface area contributed by atoms with Crippen molar-refractivity contribution < 1.29 is 19.1 Å². The van der Waals surface area contributed by atoms with Crippen molar-refractivity contribution in [2.24, 2.45) is 0 Å². The van der Waals surface area contributed by atoms with E-state index in [2.05, 4.69) is 27.7 Å². The second-order valence-corrected chi connectivity index (χ2v) is 6.43. The van der Waals surface area contributed by atoms with Crippen LogP contribution in [0.1, 0.15) is 5.56 Å². The van der Waals surface area contributed by atoms with Gasteiger partial charge in [-0.15, -0.1) is 0 Å². The monoisotopic (exact) mass is 383 g/mol. The van der Waals surface area contributed by atoms with Crippen LogP contribution in [0.25, 0.3) is 0 Å². The summed E-state index contributed by atoms with van der Waals surface area (Å²) in [7, 11) is 1.51. The van der Waals surface area contributed by atoms with Crippen molar-refractivity contribution in [2.75, 3.05) is 50.2 Å². The molecule has 2 N–H and O–H groups in total. The highest BCUT2D eigenvalue weighted by molar-refractivity contribution is 6.39. The second-order valence-electron chi connectivity index (χ2n) is 6.43. The van der Waals surface area contributed by atoms with Crippen molar-refractivity contribution in [3.05, 3.63) is 54.1 Å². The molecule has 0 aliphatic carbocycles. The van der Waals surface area contributed by atoms with Gasteiger partial charge in [0.15, 0.2) is 0 Å². The van der Waals surface area contributed by atoms with Crippen LogP contribution in [0.5, 0.6) is 5.75 Å². The SMILES string of the molecule is COc1ccccc1NC(=O)C(=O)NCCc1ccc(N2CCOCC2)cc1. The summed E-state index contributed by atoms with van der Waals surface area (Å²) >= 11 is 0. The number of rotatable bonds is 6. The number of nitrogens with one attached hydrogen (secondary N) is 2. The normalized spacial score (nSPS) is 13.7. The van der Waals surface area contributed by atoms with E-state index in [1.54, 1.807) is 24.3 Å². The van der Waals surface area contributed by atoms with Gasteiger partial charge in [-0.3, -0.25) is 9.59 Å². The topological polar surface area (TPSA) is 79.9 Å². The maximum Gasteiger partial charge on any atom is 0.313 e. The largest absolute Gasteiger partial charge is 0.495 e. The number of morpholine rings is 1. The molecule has 1 saturated heterocycles. The third kappa shape index (κ3) is 5.23. The lowest BCUT2D eigenvalue weighted by Gasteiger charge is -2.28. The summed E-state index contributed by atoms with van der Waals surface area (Å²) < 4.78 is 10.5. The van der Waals surface area contributed by atoms with Gasteiger partial charge in [0.05, 0.1) is 26.0 Å². The van der Waals surface area contributed by atoms with Crippen molar-refractivity contribution in [1.29, 1.82) is 0 Å². The highest BCUT2D eigenvalue weighted by Gasteiger charge is 2.15. The molecule has 2 aromatic carbocycles. The average Bonchev–Trinajstić information content (AvgIpc) is 2.75. The third-order valence-corrected chi connectivity index (χ3v) is 4.57. The molecule has 0 aromatic heterocycles. The number of hydrogen-bond donors (Lipinski definition) is 2. The average molecular weight is 383 g/mol.